The van der Waals surface area contributed by atoms with Gasteiger partial charge in [-0.3, -0.25) is 4.79 Å². The molecule has 0 aromatic heterocycles. The summed E-state index contributed by atoms with van der Waals surface area (Å²) in [5.41, 5.74) is 5.56. The molecule has 2 aromatic rings. The van der Waals surface area contributed by atoms with E-state index in [-0.39, 0.29) is 5.78 Å². The van der Waals surface area contributed by atoms with E-state index in [4.69, 9.17) is 9.47 Å². The Labute approximate surface area is 193 Å². The molecular formula is C28H37NO3. The first kappa shape index (κ1) is 24.1. The predicted molar refractivity (Wildman–Crippen MR) is 133 cm³/mol. The zero-order valence-electron chi connectivity index (χ0n) is 19.9. The summed E-state index contributed by atoms with van der Waals surface area (Å²) < 4.78 is 11.4. The van der Waals surface area contributed by atoms with E-state index in [1.165, 1.54) is 5.69 Å². The Hall–Kier alpha value is -2.59. The van der Waals surface area contributed by atoms with Crippen LogP contribution in [0, 0.1) is 0 Å². The molecule has 0 unspecified atom stereocenters. The van der Waals surface area contributed by atoms with Gasteiger partial charge in [0.15, 0.2) is 5.78 Å². The first-order chi connectivity index (χ1) is 15.6. The summed E-state index contributed by atoms with van der Waals surface area (Å²) in [6.45, 7) is 10.0. The van der Waals surface area contributed by atoms with Crippen molar-refractivity contribution in [1.29, 1.82) is 0 Å². The number of hydrogen-bond donors (Lipinski definition) is 0. The Balaban J connectivity index is 1.76. The molecule has 3 rings (SSSR count). The Morgan fingerprint density at radius 3 is 2.47 bits per heavy atom. The number of carbonyl (C=O) groups excluding carboxylic acids is 1. The summed E-state index contributed by atoms with van der Waals surface area (Å²) in [7, 11) is 0. The van der Waals surface area contributed by atoms with Gasteiger partial charge in [-0.05, 0) is 85.2 Å². The van der Waals surface area contributed by atoms with Gasteiger partial charge in [0.1, 0.15) is 12.4 Å². The molecule has 0 aliphatic carbocycles. The van der Waals surface area contributed by atoms with Gasteiger partial charge in [0, 0.05) is 25.4 Å². The van der Waals surface area contributed by atoms with Crippen molar-refractivity contribution < 1.29 is 14.3 Å². The molecule has 0 amide bonds. The molecule has 0 radical (unpaired) electrons. The molecule has 4 nitrogen and oxygen atoms in total. The first-order valence-electron chi connectivity index (χ1n) is 12.0. The Morgan fingerprint density at radius 2 is 1.75 bits per heavy atom. The van der Waals surface area contributed by atoms with Crippen LogP contribution in [0.2, 0.25) is 0 Å². The summed E-state index contributed by atoms with van der Waals surface area (Å²) in [5.74, 6) is 1.03. The largest absolute Gasteiger partial charge is 0.491 e. The molecule has 1 aliphatic heterocycles. The van der Waals surface area contributed by atoms with Crippen molar-refractivity contribution in [3.8, 4) is 16.9 Å². The highest BCUT2D eigenvalue weighted by atomic mass is 16.5. The fourth-order valence-electron chi connectivity index (χ4n) is 4.07. The van der Waals surface area contributed by atoms with Crippen LogP contribution in [0.5, 0.6) is 5.75 Å². The fourth-order valence-corrected chi connectivity index (χ4v) is 4.07. The number of carbonyl (C=O) groups is 1. The molecule has 172 valence electrons. The van der Waals surface area contributed by atoms with Crippen molar-refractivity contribution in [2.24, 2.45) is 0 Å². The van der Waals surface area contributed by atoms with Gasteiger partial charge >= 0.3 is 0 Å². The number of allylic oxidation sites excluding steroid dienone is 1. The zero-order chi connectivity index (χ0) is 22.8. The molecule has 0 bridgehead atoms. The Bertz CT molecular complexity index is 901. The number of ether oxygens (including phenoxy) is 2. The number of fused-ring (bicyclic) bond motifs is 1. The molecular weight excluding hydrogens is 398 g/mol. The first-order valence-corrected chi connectivity index (χ1v) is 12.0. The number of unbranched alkanes of at least 4 members (excludes halogenated alkanes) is 1. The minimum absolute atomic E-state index is 0.172. The van der Waals surface area contributed by atoms with E-state index in [1.807, 2.05) is 12.1 Å². The van der Waals surface area contributed by atoms with E-state index in [2.05, 4.69) is 55.2 Å². The monoisotopic (exact) mass is 435 g/mol. The number of Topliss-reactive ketones (excluding diaryl/α,β-unsaturated/α-hetero) is 1. The van der Waals surface area contributed by atoms with Crippen LogP contribution in [0.25, 0.3) is 17.2 Å². The van der Waals surface area contributed by atoms with Gasteiger partial charge in [-0.1, -0.05) is 38.5 Å². The molecule has 2 aromatic carbocycles. The van der Waals surface area contributed by atoms with E-state index in [0.29, 0.717) is 13.2 Å². The van der Waals surface area contributed by atoms with Crippen molar-refractivity contribution in [2.75, 3.05) is 37.8 Å². The van der Waals surface area contributed by atoms with Crippen molar-refractivity contribution in [3.63, 3.8) is 0 Å². The molecule has 1 heterocycles. The summed E-state index contributed by atoms with van der Waals surface area (Å²) in [4.78, 5) is 14.6. The number of anilines is 1. The summed E-state index contributed by atoms with van der Waals surface area (Å²) >= 11 is 0. The lowest BCUT2D eigenvalue weighted by Gasteiger charge is -2.28. The predicted octanol–water partition coefficient (Wildman–Crippen LogP) is 6.53. The summed E-state index contributed by atoms with van der Waals surface area (Å²) in [5, 5.41) is 0. The Morgan fingerprint density at radius 1 is 0.969 bits per heavy atom. The molecule has 32 heavy (non-hydrogen) atoms. The van der Waals surface area contributed by atoms with E-state index < -0.39 is 0 Å². The number of benzene rings is 2. The topological polar surface area (TPSA) is 38.8 Å². The second-order valence-electron chi connectivity index (χ2n) is 8.43. The van der Waals surface area contributed by atoms with Crippen LogP contribution >= 0.6 is 0 Å². The van der Waals surface area contributed by atoms with E-state index >= 15 is 0 Å². The standard InChI is InChI=1S/C28H37NO3/c1-4-6-17-31-18-19-32-27-12-9-23(10-13-27)25-11-14-28-26(21-25)20-24(22(3)30)8-7-16-29(28)15-5-2/h9-14,20-21H,4-8,15-19H2,1-3H3/b24-20+. The number of rotatable bonds is 11. The van der Waals surface area contributed by atoms with Crippen molar-refractivity contribution in [3.05, 3.63) is 53.6 Å². The molecule has 0 saturated heterocycles. The lowest BCUT2D eigenvalue weighted by Crippen LogP contribution is -2.27. The molecule has 0 N–H and O–H groups in total. The van der Waals surface area contributed by atoms with Gasteiger partial charge in [0.05, 0.1) is 6.61 Å². The van der Waals surface area contributed by atoms with Gasteiger partial charge in [0.25, 0.3) is 0 Å². The number of ketones is 1. The quantitative estimate of drug-likeness (QED) is 0.376. The van der Waals surface area contributed by atoms with Crippen LogP contribution in [-0.4, -0.2) is 38.7 Å². The van der Waals surface area contributed by atoms with Gasteiger partial charge in [-0.2, -0.15) is 0 Å². The maximum Gasteiger partial charge on any atom is 0.155 e. The van der Waals surface area contributed by atoms with E-state index in [1.54, 1.807) is 6.92 Å². The van der Waals surface area contributed by atoms with E-state index in [9.17, 15) is 4.79 Å². The van der Waals surface area contributed by atoms with Gasteiger partial charge < -0.3 is 14.4 Å². The molecule has 1 aliphatic rings. The second kappa shape index (κ2) is 12.4. The Kier molecular flexibility index (Phi) is 9.36. The smallest absolute Gasteiger partial charge is 0.155 e. The van der Waals surface area contributed by atoms with Crippen molar-refractivity contribution in [2.45, 2.75) is 52.9 Å². The van der Waals surface area contributed by atoms with Gasteiger partial charge in [-0.15, -0.1) is 0 Å². The minimum atomic E-state index is 0.172. The summed E-state index contributed by atoms with van der Waals surface area (Å²) in [6.07, 6.45) is 7.29. The SMILES string of the molecule is CCCCOCCOc1ccc(-c2ccc3c(c2)/C=C(/C(C)=O)CCCN3CCC)cc1. The third-order valence-corrected chi connectivity index (χ3v) is 5.84. The van der Waals surface area contributed by atoms with Crippen LogP contribution in [-0.2, 0) is 9.53 Å². The highest BCUT2D eigenvalue weighted by molar-refractivity contribution is 5.99. The van der Waals surface area contributed by atoms with Crippen LogP contribution in [0.3, 0.4) is 0 Å². The van der Waals surface area contributed by atoms with Gasteiger partial charge in [0.2, 0.25) is 0 Å². The highest BCUT2D eigenvalue weighted by Crippen LogP contribution is 2.32. The molecule has 0 atom stereocenters. The minimum Gasteiger partial charge on any atom is -0.491 e. The molecule has 4 heteroatoms. The average Bonchev–Trinajstić information content (AvgIpc) is 2.79. The van der Waals surface area contributed by atoms with Crippen LogP contribution in [0.1, 0.15) is 58.4 Å². The zero-order valence-corrected chi connectivity index (χ0v) is 19.9. The molecule has 0 fully saturated rings. The lowest BCUT2D eigenvalue weighted by atomic mass is 9.95. The van der Waals surface area contributed by atoms with Crippen LogP contribution < -0.4 is 9.64 Å². The maximum atomic E-state index is 12.1. The second-order valence-corrected chi connectivity index (χ2v) is 8.43. The molecule has 0 saturated carbocycles. The maximum absolute atomic E-state index is 12.1. The average molecular weight is 436 g/mol. The van der Waals surface area contributed by atoms with Crippen molar-refractivity contribution in [1.82, 2.24) is 0 Å². The van der Waals surface area contributed by atoms with Crippen LogP contribution in [0.4, 0.5) is 5.69 Å². The van der Waals surface area contributed by atoms with Crippen LogP contribution in [0.15, 0.2) is 48.0 Å². The number of nitrogens with zero attached hydrogens (tertiary/aromatic N) is 1. The van der Waals surface area contributed by atoms with Crippen molar-refractivity contribution >= 4 is 17.5 Å². The summed E-state index contributed by atoms with van der Waals surface area (Å²) in [6, 6.07) is 14.8. The number of hydrogen-bond acceptors (Lipinski definition) is 4. The van der Waals surface area contributed by atoms with E-state index in [0.717, 1.165) is 79.8 Å². The van der Waals surface area contributed by atoms with Gasteiger partial charge in [-0.25, -0.2) is 0 Å². The third-order valence-electron chi connectivity index (χ3n) is 5.84. The fraction of sp³-hybridized carbons (Fsp3) is 0.464. The normalized spacial score (nSPS) is 15.3. The highest BCUT2D eigenvalue weighted by Gasteiger charge is 2.16. The lowest BCUT2D eigenvalue weighted by molar-refractivity contribution is -0.113. The molecule has 0 spiro atoms. The third kappa shape index (κ3) is 6.70.